The number of rotatable bonds is 3. The van der Waals surface area contributed by atoms with Gasteiger partial charge in [0.2, 0.25) is 0 Å². The molecular weight excluding hydrogens is 301 g/mol. The first-order chi connectivity index (χ1) is 11.0. The molecule has 1 aromatic heterocycles. The molecule has 3 rings (SSSR count). The van der Waals surface area contributed by atoms with Gasteiger partial charge >= 0.3 is 0 Å². The van der Waals surface area contributed by atoms with Crippen molar-refractivity contribution in [3.63, 3.8) is 0 Å². The fourth-order valence-corrected chi connectivity index (χ4v) is 2.50. The van der Waals surface area contributed by atoms with E-state index in [0.717, 1.165) is 5.56 Å². The van der Waals surface area contributed by atoms with Crippen LogP contribution in [0.15, 0.2) is 46.6 Å². The van der Waals surface area contributed by atoms with Crippen molar-refractivity contribution in [2.24, 2.45) is 0 Å². The summed E-state index contributed by atoms with van der Waals surface area (Å²) in [7, 11) is 1.50. The number of hydrogen-bond donors (Lipinski definition) is 1. The number of aliphatic hydroxyl groups is 1. The second-order valence-electron chi connectivity index (χ2n) is 5.38. The van der Waals surface area contributed by atoms with E-state index in [1.54, 1.807) is 12.1 Å². The number of carbonyl (C=O) groups excluding carboxylic acids is 2. The minimum absolute atomic E-state index is 0.0549. The van der Waals surface area contributed by atoms with Gasteiger partial charge in [-0.3, -0.25) is 9.59 Å². The number of likely N-dealkylation sites (N-methyl/N-ethyl adjacent to an activating group) is 1. The largest absolute Gasteiger partial charge is 0.507 e. The van der Waals surface area contributed by atoms with E-state index in [9.17, 15) is 19.1 Å². The molecule has 1 saturated heterocycles. The Labute approximate surface area is 131 Å². The number of halogens is 1. The molecule has 23 heavy (non-hydrogen) atoms. The number of hydrogen-bond acceptors (Lipinski definition) is 4. The van der Waals surface area contributed by atoms with Crippen LogP contribution in [0, 0.1) is 5.82 Å². The monoisotopic (exact) mass is 315 g/mol. The van der Waals surface area contributed by atoms with Crippen LogP contribution in [0.2, 0.25) is 0 Å². The molecular formula is C17H14FNO4. The Morgan fingerprint density at radius 1 is 1.26 bits per heavy atom. The Balaban J connectivity index is 1.93. The Kier molecular flexibility index (Phi) is 3.73. The third-order valence-corrected chi connectivity index (χ3v) is 3.77. The minimum atomic E-state index is -0.709. The molecule has 0 radical (unpaired) electrons. The number of ketones is 1. The van der Waals surface area contributed by atoms with Crippen molar-refractivity contribution in [3.8, 4) is 0 Å². The van der Waals surface area contributed by atoms with Crippen LogP contribution in [-0.4, -0.2) is 35.3 Å². The van der Waals surface area contributed by atoms with E-state index >= 15 is 0 Å². The third-order valence-electron chi connectivity index (χ3n) is 3.77. The van der Waals surface area contributed by atoms with E-state index in [1.807, 2.05) is 0 Å². The number of aliphatic hydroxyl groups excluding tert-OH is 1. The molecule has 0 bridgehead atoms. The number of amides is 1. The molecule has 1 fully saturated rings. The second-order valence-corrected chi connectivity index (χ2v) is 5.38. The number of benzene rings is 1. The van der Waals surface area contributed by atoms with Gasteiger partial charge in [-0.05, 0) is 23.8 Å². The van der Waals surface area contributed by atoms with Crippen molar-refractivity contribution in [2.75, 3.05) is 13.6 Å². The summed E-state index contributed by atoms with van der Waals surface area (Å²) in [6.45, 7) is 0.0602. The lowest BCUT2D eigenvalue weighted by Crippen LogP contribution is -2.22. The average molecular weight is 315 g/mol. The molecule has 118 valence electrons. The molecule has 0 atom stereocenters. The molecule has 6 heteroatoms. The van der Waals surface area contributed by atoms with Crippen LogP contribution in [0.25, 0.3) is 5.76 Å². The lowest BCUT2D eigenvalue weighted by molar-refractivity contribution is -0.138. The molecule has 1 aromatic carbocycles. The van der Waals surface area contributed by atoms with Gasteiger partial charge in [0, 0.05) is 13.5 Å². The lowest BCUT2D eigenvalue weighted by atomic mass is 10.0. The van der Waals surface area contributed by atoms with Crippen molar-refractivity contribution in [3.05, 3.63) is 64.9 Å². The summed E-state index contributed by atoms with van der Waals surface area (Å²) in [5.41, 5.74) is 1.21. The quantitative estimate of drug-likeness (QED) is 0.536. The molecule has 1 amide bonds. The molecule has 1 aliphatic rings. The van der Waals surface area contributed by atoms with Crippen LogP contribution in [0.1, 0.15) is 16.9 Å². The first-order valence-electron chi connectivity index (χ1n) is 7.00. The molecule has 1 aliphatic heterocycles. The Morgan fingerprint density at radius 3 is 2.57 bits per heavy atom. The summed E-state index contributed by atoms with van der Waals surface area (Å²) < 4.78 is 18.3. The standard InChI is InChI=1S/C17H14FNO4/c1-19-9-13(16(21)17(19)22)15(20)12-6-7-23-14(12)8-10-2-4-11(18)5-3-10/h2-7,20H,8-9H2,1H3. The second kappa shape index (κ2) is 5.72. The predicted molar refractivity (Wildman–Crippen MR) is 80.1 cm³/mol. The Hall–Kier alpha value is -2.89. The number of likely N-dealkylation sites (tertiary alicyclic amines) is 1. The molecule has 0 saturated carbocycles. The Bertz CT molecular complexity index is 804. The zero-order valence-corrected chi connectivity index (χ0v) is 12.4. The van der Waals surface area contributed by atoms with Crippen LogP contribution in [0.5, 0.6) is 0 Å². The zero-order chi connectivity index (χ0) is 16.6. The van der Waals surface area contributed by atoms with Gasteiger partial charge in [0.1, 0.15) is 17.3 Å². The minimum Gasteiger partial charge on any atom is -0.507 e. The summed E-state index contributed by atoms with van der Waals surface area (Å²) in [5, 5.41) is 10.4. The Morgan fingerprint density at radius 2 is 1.96 bits per heavy atom. The van der Waals surface area contributed by atoms with E-state index in [0.29, 0.717) is 17.7 Å². The van der Waals surface area contributed by atoms with Crippen molar-refractivity contribution in [2.45, 2.75) is 6.42 Å². The van der Waals surface area contributed by atoms with Gasteiger partial charge in [-0.2, -0.15) is 0 Å². The fraction of sp³-hybridized carbons (Fsp3) is 0.176. The van der Waals surface area contributed by atoms with Crippen molar-refractivity contribution >= 4 is 17.4 Å². The summed E-state index contributed by atoms with van der Waals surface area (Å²) in [4.78, 5) is 24.7. The van der Waals surface area contributed by atoms with Crippen LogP contribution in [0.4, 0.5) is 4.39 Å². The molecule has 2 heterocycles. The highest BCUT2D eigenvalue weighted by atomic mass is 19.1. The van der Waals surface area contributed by atoms with Gasteiger partial charge in [0.25, 0.3) is 11.7 Å². The van der Waals surface area contributed by atoms with Crippen molar-refractivity contribution < 1.29 is 23.5 Å². The maximum Gasteiger partial charge on any atom is 0.294 e. The van der Waals surface area contributed by atoms with E-state index < -0.39 is 11.7 Å². The lowest BCUT2D eigenvalue weighted by Gasteiger charge is -2.06. The van der Waals surface area contributed by atoms with Gasteiger partial charge in [0.05, 0.1) is 23.9 Å². The zero-order valence-electron chi connectivity index (χ0n) is 12.4. The van der Waals surface area contributed by atoms with Gasteiger partial charge in [0.15, 0.2) is 0 Å². The van der Waals surface area contributed by atoms with Gasteiger partial charge in [-0.25, -0.2) is 4.39 Å². The third kappa shape index (κ3) is 2.75. The van der Waals surface area contributed by atoms with Crippen LogP contribution < -0.4 is 0 Å². The molecule has 0 spiro atoms. The van der Waals surface area contributed by atoms with Crippen molar-refractivity contribution in [1.82, 2.24) is 4.90 Å². The number of carbonyl (C=O) groups is 2. The molecule has 0 aliphatic carbocycles. The topological polar surface area (TPSA) is 70.8 Å². The van der Waals surface area contributed by atoms with Gasteiger partial charge in [-0.15, -0.1) is 0 Å². The smallest absolute Gasteiger partial charge is 0.294 e. The molecule has 0 unspecified atom stereocenters. The SMILES string of the molecule is CN1CC(=C(O)c2ccoc2Cc2ccc(F)cc2)C(=O)C1=O. The van der Waals surface area contributed by atoms with Crippen LogP contribution >= 0.6 is 0 Å². The number of Topliss-reactive ketones (excluding diaryl/α,β-unsaturated/α-hetero) is 1. The van der Waals surface area contributed by atoms with Crippen LogP contribution in [-0.2, 0) is 16.0 Å². The molecule has 2 aromatic rings. The summed E-state index contributed by atoms with van der Waals surface area (Å²) in [6.07, 6.45) is 1.73. The highest BCUT2D eigenvalue weighted by Gasteiger charge is 2.35. The molecule has 1 N–H and O–H groups in total. The highest BCUT2D eigenvalue weighted by Crippen LogP contribution is 2.27. The average Bonchev–Trinajstić information content (AvgIpc) is 3.09. The van der Waals surface area contributed by atoms with E-state index in [4.69, 9.17) is 4.42 Å². The predicted octanol–water partition coefficient (Wildman–Crippen LogP) is 2.32. The van der Waals surface area contributed by atoms with Gasteiger partial charge < -0.3 is 14.4 Å². The van der Waals surface area contributed by atoms with Gasteiger partial charge in [-0.1, -0.05) is 12.1 Å². The maximum absolute atomic E-state index is 12.9. The summed E-state index contributed by atoms with van der Waals surface area (Å²) >= 11 is 0. The maximum atomic E-state index is 12.9. The number of furan rings is 1. The first kappa shape index (κ1) is 15.0. The fourth-order valence-electron chi connectivity index (χ4n) is 2.50. The van der Waals surface area contributed by atoms with Crippen LogP contribution in [0.3, 0.4) is 0 Å². The van der Waals surface area contributed by atoms with E-state index in [-0.39, 0.29) is 23.7 Å². The summed E-state index contributed by atoms with van der Waals surface area (Å²) in [5.74, 6) is -1.50. The number of nitrogens with zero attached hydrogens (tertiary/aromatic N) is 1. The highest BCUT2D eigenvalue weighted by molar-refractivity contribution is 6.46. The van der Waals surface area contributed by atoms with E-state index in [1.165, 1.54) is 36.4 Å². The molecule has 5 nitrogen and oxygen atoms in total. The summed E-state index contributed by atoms with van der Waals surface area (Å²) in [6, 6.07) is 7.44. The van der Waals surface area contributed by atoms with Crippen molar-refractivity contribution in [1.29, 1.82) is 0 Å². The normalized spacial score (nSPS) is 17.0. The van der Waals surface area contributed by atoms with E-state index in [2.05, 4.69) is 0 Å². The first-order valence-corrected chi connectivity index (χ1v) is 7.00.